The largest absolute Gasteiger partial charge is 0.399 e. The Morgan fingerprint density at radius 2 is 2.08 bits per heavy atom. The molecule has 0 aliphatic rings. The monoisotopic (exact) mass is 184 g/mol. The van der Waals surface area contributed by atoms with Crippen LogP contribution in [0.3, 0.4) is 0 Å². The van der Waals surface area contributed by atoms with Gasteiger partial charge in [-0.15, -0.1) is 0 Å². The lowest BCUT2D eigenvalue weighted by Gasteiger charge is -2.00. The summed E-state index contributed by atoms with van der Waals surface area (Å²) in [6, 6.07) is 6.19. The molecule has 12 heavy (non-hydrogen) atoms. The van der Waals surface area contributed by atoms with Crippen molar-refractivity contribution in [1.29, 1.82) is 0 Å². The number of hydrogen-bond acceptors (Lipinski definition) is 3. The van der Waals surface area contributed by atoms with Crippen LogP contribution in [-0.2, 0) is 9.84 Å². The van der Waals surface area contributed by atoms with Crippen molar-refractivity contribution in [3.05, 3.63) is 31.2 Å². The van der Waals surface area contributed by atoms with E-state index in [4.69, 9.17) is 5.73 Å². The lowest BCUT2D eigenvalue weighted by molar-refractivity contribution is 0.599. The van der Waals surface area contributed by atoms with Crippen LogP contribution >= 0.6 is 0 Å². The SMILES string of the molecule is [CH2]CS(=O)(=O)c1cccc(N)c1. The van der Waals surface area contributed by atoms with Gasteiger partial charge in [-0.3, -0.25) is 0 Å². The average Bonchev–Trinajstić information content (AvgIpc) is 2.05. The summed E-state index contributed by atoms with van der Waals surface area (Å²) in [4.78, 5) is 0.234. The topological polar surface area (TPSA) is 60.2 Å². The first-order valence-electron chi connectivity index (χ1n) is 3.44. The maximum absolute atomic E-state index is 11.2. The van der Waals surface area contributed by atoms with Gasteiger partial charge in [-0.1, -0.05) is 6.07 Å². The Kier molecular flexibility index (Phi) is 2.38. The van der Waals surface area contributed by atoms with Gasteiger partial charge in [-0.05, 0) is 25.1 Å². The van der Waals surface area contributed by atoms with Crippen LogP contribution in [0.25, 0.3) is 0 Å². The van der Waals surface area contributed by atoms with E-state index in [2.05, 4.69) is 6.92 Å². The molecule has 0 saturated heterocycles. The first kappa shape index (κ1) is 9.06. The Labute approximate surface area is 72.1 Å². The van der Waals surface area contributed by atoms with E-state index in [9.17, 15) is 8.42 Å². The van der Waals surface area contributed by atoms with E-state index >= 15 is 0 Å². The van der Waals surface area contributed by atoms with Crippen molar-refractivity contribution in [1.82, 2.24) is 0 Å². The van der Waals surface area contributed by atoms with Crippen molar-refractivity contribution < 1.29 is 8.42 Å². The summed E-state index contributed by atoms with van der Waals surface area (Å²) in [6.07, 6.45) is 0. The molecule has 0 aliphatic heterocycles. The maximum atomic E-state index is 11.2. The van der Waals surface area contributed by atoms with Crippen LogP contribution in [0.2, 0.25) is 0 Å². The smallest absolute Gasteiger partial charge is 0.178 e. The molecule has 1 rings (SSSR count). The standard InChI is InChI=1S/C8H10NO2S/c1-2-12(10,11)8-5-3-4-7(9)6-8/h3-6H,1-2,9H2. The van der Waals surface area contributed by atoms with Gasteiger partial charge in [0, 0.05) is 5.69 Å². The summed E-state index contributed by atoms with van der Waals surface area (Å²) in [7, 11) is -3.21. The molecule has 0 heterocycles. The number of anilines is 1. The van der Waals surface area contributed by atoms with E-state index in [1.165, 1.54) is 12.1 Å². The summed E-state index contributed by atoms with van der Waals surface area (Å²) in [5.74, 6) is -0.142. The maximum Gasteiger partial charge on any atom is 0.178 e. The van der Waals surface area contributed by atoms with Crippen molar-refractivity contribution in [2.24, 2.45) is 0 Å². The fourth-order valence-corrected chi connectivity index (χ4v) is 1.66. The van der Waals surface area contributed by atoms with Gasteiger partial charge in [0.25, 0.3) is 0 Å². The molecule has 0 bridgehead atoms. The zero-order chi connectivity index (χ0) is 9.19. The minimum atomic E-state index is -3.21. The lowest BCUT2D eigenvalue weighted by atomic mass is 10.3. The average molecular weight is 184 g/mol. The number of benzene rings is 1. The van der Waals surface area contributed by atoms with Crippen LogP contribution in [0.4, 0.5) is 5.69 Å². The normalized spacial score (nSPS) is 11.4. The molecule has 0 unspecified atom stereocenters. The molecular weight excluding hydrogens is 174 g/mol. The number of rotatable bonds is 2. The summed E-state index contributed by atoms with van der Waals surface area (Å²) < 4.78 is 22.5. The first-order chi connectivity index (χ1) is 5.56. The third-order valence-electron chi connectivity index (χ3n) is 1.49. The molecule has 0 aromatic heterocycles. The van der Waals surface area contributed by atoms with Gasteiger partial charge in [0.1, 0.15) is 0 Å². The van der Waals surface area contributed by atoms with Gasteiger partial charge in [0.05, 0.1) is 10.6 Å². The zero-order valence-electron chi connectivity index (χ0n) is 6.53. The van der Waals surface area contributed by atoms with Crippen LogP contribution < -0.4 is 5.73 Å². The molecule has 1 aromatic carbocycles. The van der Waals surface area contributed by atoms with Crippen molar-refractivity contribution in [2.45, 2.75) is 4.90 Å². The molecule has 4 heteroatoms. The minimum Gasteiger partial charge on any atom is -0.399 e. The summed E-state index contributed by atoms with van der Waals surface area (Å²) in [5.41, 5.74) is 5.87. The molecule has 1 aromatic rings. The predicted molar refractivity (Wildman–Crippen MR) is 48.3 cm³/mol. The highest BCUT2D eigenvalue weighted by molar-refractivity contribution is 7.91. The number of nitrogens with two attached hydrogens (primary N) is 1. The van der Waals surface area contributed by atoms with E-state index in [-0.39, 0.29) is 10.6 Å². The second-order valence-electron chi connectivity index (χ2n) is 2.39. The van der Waals surface area contributed by atoms with Crippen LogP contribution in [0, 0.1) is 6.92 Å². The van der Waals surface area contributed by atoms with Gasteiger partial charge < -0.3 is 5.73 Å². The van der Waals surface area contributed by atoms with E-state index in [0.717, 1.165) is 0 Å². The molecule has 1 radical (unpaired) electrons. The van der Waals surface area contributed by atoms with E-state index in [0.29, 0.717) is 5.69 Å². The fraction of sp³-hybridized carbons (Fsp3) is 0.125. The Morgan fingerprint density at radius 3 is 2.58 bits per heavy atom. The molecule has 65 valence electrons. The minimum absolute atomic E-state index is 0.142. The quantitative estimate of drug-likeness (QED) is 0.694. The summed E-state index contributed by atoms with van der Waals surface area (Å²) in [6.45, 7) is 3.33. The van der Waals surface area contributed by atoms with E-state index in [1.807, 2.05) is 0 Å². The van der Waals surface area contributed by atoms with Crippen molar-refractivity contribution in [3.63, 3.8) is 0 Å². The molecule has 0 aliphatic carbocycles. The zero-order valence-corrected chi connectivity index (χ0v) is 7.34. The number of nitrogen functional groups attached to an aromatic ring is 1. The highest BCUT2D eigenvalue weighted by atomic mass is 32.2. The van der Waals surface area contributed by atoms with Gasteiger partial charge in [-0.2, -0.15) is 0 Å². The van der Waals surface area contributed by atoms with E-state index < -0.39 is 9.84 Å². The van der Waals surface area contributed by atoms with Crippen molar-refractivity contribution in [2.75, 3.05) is 11.5 Å². The Bertz CT molecular complexity index is 370. The second kappa shape index (κ2) is 3.15. The van der Waals surface area contributed by atoms with Crippen LogP contribution in [-0.4, -0.2) is 14.2 Å². The van der Waals surface area contributed by atoms with Gasteiger partial charge in [-0.25, -0.2) is 8.42 Å². The van der Waals surface area contributed by atoms with Crippen molar-refractivity contribution >= 4 is 15.5 Å². The highest BCUT2D eigenvalue weighted by Gasteiger charge is 2.10. The molecule has 2 N–H and O–H groups in total. The van der Waals surface area contributed by atoms with Crippen molar-refractivity contribution in [3.8, 4) is 0 Å². The molecule has 0 atom stereocenters. The van der Waals surface area contributed by atoms with Gasteiger partial charge >= 0.3 is 0 Å². The van der Waals surface area contributed by atoms with Crippen LogP contribution in [0.15, 0.2) is 29.2 Å². The highest BCUT2D eigenvalue weighted by Crippen LogP contribution is 2.13. The van der Waals surface area contributed by atoms with Crippen LogP contribution in [0.5, 0.6) is 0 Å². The number of hydrogen-bond donors (Lipinski definition) is 1. The second-order valence-corrected chi connectivity index (χ2v) is 4.50. The third kappa shape index (κ3) is 1.76. The Hall–Kier alpha value is -1.03. The molecule has 0 fully saturated rings. The van der Waals surface area contributed by atoms with Crippen LogP contribution in [0.1, 0.15) is 0 Å². The van der Waals surface area contributed by atoms with Gasteiger partial charge in [0.2, 0.25) is 0 Å². The molecule has 3 nitrogen and oxygen atoms in total. The lowest BCUT2D eigenvalue weighted by Crippen LogP contribution is -2.04. The summed E-state index contributed by atoms with van der Waals surface area (Å²) in [5, 5.41) is 0. The Morgan fingerprint density at radius 1 is 1.42 bits per heavy atom. The first-order valence-corrected chi connectivity index (χ1v) is 5.09. The number of sulfone groups is 1. The molecule has 0 saturated carbocycles. The molecular formula is C8H10NO2S. The van der Waals surface area contributed by atoms with Gasteiger partial charge in [0.15, 0.2) is 9.84 Å². The molecule has 0 amide bonds. The molecule has 0 spiro atoms. The van der Waals surface area contributed by atoms with E-state index in [1.54, 1.807) is 12.1 Å². The Balaban J connectivity index is 3.21. The predicted octanol–water partition coefficient (Wildman–Crippen LogP) is 0.877. The summed E-state index contributed by atoms with van der Waals surface area (Å²) >= 11 is 0. The third-order valence-corrected chi connectivity index (χ3v) is 3.00. The fourth-order valence-electron chi connectivity index (χ4n) is 0.826.